The number of benzene rings is 2. The molecule has 7 nitrogen and oxygen atoms in total. The van der Waals surface area contributed by atoms with Gasteiger partial charge in [0.05, 0.1) is 49.8 Å². The Labute approximate surface area is 181 Å². The molecule has 0 unspecified atom stereocenters. The van der Waals surface area contributed by atoms with Crippen molar-refractivity contribution in [3.05, 3.63) is 64.2 Å². The molecule has 0 radical (unpaired) electrons. The first-order chi connectivity index (χ1) is 15.0. The zero-order valence-electron chi connectivity index (χ0n) is 18.0. The lowest BCUT2D eigenvalue weighted by atomic mass is 10.1. The van der Waals surface area contributed by atoms with Gasteiger partial charge in [0, 0.05) is 17.3 Å². The normalized spacial score (nSPS) is 17.2. The van der Waals surface area contributed by atoms with Crippen molar-refractivity contribution in [1.29, 1.82) is 0 Å². The molecule has 5 rings (SSSR count). The number of aromatic nitrogens is 2. The van der Waals surface area contributed by atoms with Gasteiger partial charge in [-0.1, -0.05) is 6.07 Å². The molecule has 2 N–H and O–H groups in total. The zero-order chi connectivity index (χ0) is 21.5. The second-order valence-corrected chi connectivity index (χ2v) is 8.81. The number of hydrogen-bond donors (Lipinski definition) is 2. The Hall–Kier alpha value is -3.19. The Balaban J connectivity index is 1.53. The van der Waals surface area contributed by atoms with Gasteiger partial charge in [0.1, 0.15) is 6.33 Å². The van der Waals surface area contributed by atoms with E-state index in [-0.39, 0.29) is 17.5 Å². The summed E-state index contributed by atoms with van der Waals surface area (Å²) in [4.78, 5) is 34.3. The molecule has 0 bridgehead atoms. The number of nitrogens with one attached hydrogen (secondary N) is 2. The SMILES string of the molecule is Cc1ccc(C(=O)NC2CC2)cc1-n1cnc2ccc(N3CC[NH+](C)CC3)cc2c1=O. The number of aryl methyl sites for hydroxylation is 1. The van der Waals surface area contributed by atoms with Crippen LogP contribution in [-0.4, -0.2) is 54.7 Å². The summed E-state index contributed by atoms with van der Waals surface area (Å²) in [7, 11) is 2.21. The molecule has 2 aliphatic rings. The molecule has 1 aromatic heterocycles. The fourth-order valence-corrected chi connectivity index (χ4v) is 4.13. The largest absolute Gasteiger partial charge is 0.360 e. The third-order valence-corrected chi connectivity index (χ3v) is 6.37. The van der Waals surface area contributed by atoms with Crippen LogP contribution in [0.1, 0.15) is 28.8 Å². The molecular formula is C24H28N5O2+. The summed E-state index contributed by atoms with van der Waals surface area (Å²) in [6.45, 7) is 6.07. The second kappa shape index (κ2) is 7.81. The Morgan fingerprint density at radius 2 is 1.90 bits per heavy atom. The maximum atomic E-state index is 13.4. The third-order valence-electron chi connectivity index (χ3n) is 6.37. The average molecular weight is 419 g/mol. The van der Waals surface area contributed by atoms with Gasteiger partial charge in [0.25, 0.3) is 11.5 Å². The van der Waals surface area contributed by atoms with Crippen LogP contribution in [0.5, 0.6) is 0 Å². The van der Waals surface area contributed by atoms with Crippen LogP contribution in [0.2, 0.25) is 0 Å². The number of fused-ring (bicyclic) bond motifs is 1. The van der Waals surface area contributed by atoms with E-state index in [1.54, 1.807) is 17.0 Å². The number of likely N-dealkylation sites (N-methyl/N-ethyl adjacent to an activating group) is 1. The van der Waals surface area contributed by atoms with Gasteiger partial charge in [-0.3, -0.25) is 14.2 Å². The van der Waals surface area contributed by atoms with Crippen LogP contribution in [0.15, 0.2) is 47.5 Å². The van der Waals surface area contributed by atoms with Gasteiger partial charge in [0.15, 0.2) is 0 Å². The van der Waals surface area contributed by atoms with E-state index in [1.165, 1.54) is 4.90 Å². The minimum atomic E-state index is -0.116. The fourth-order valence-electron chi connectivity index (χ4n) is 4.13. The van der Waals surface area contributed by atoms with Crippen molar-refractivity contribution >= 4 is 22.5 Å². The number of carbonyl (C=O) groups excluding carboxylic acids is 1. The Bertz CT molecular complexity index is 1210. The number of rotatable bonds is 4. The van der Waals surface area contributed by atoms with Crippen LogP contribution < -0.4 is 20.7 Å². The van der Waals surface area contributed by atoms with Crippen LogP contribution in [-0.2, 0) is 0 Å². The Morgan fingerprint density at radius 1 is 1.13 bits per heavy atom. The number of amides is 1. The van der Waals surface area contributed by atoms with E-state index in [2.05, 4.69) is 22.2 Å². The highest BCUT2D eigenvalue weighted by molar-refractivity contribution is 5.95. The van der Waals surface area contributed by atoms with E-state index in [9.17, 15) is 9.59 Å². The van der Waals surface area contributed by atoms with E-state index >= 15 is 0 Å². The minimum absolute atomic E-state index is 0.0926. The van der Waals surface area contributed by atoms with E-state index < -0.39 is 0 Å². The maximum absolute atomic E-state index is 13.4. The average Bonchev–Trinajstić information content (AvgIpc) is 3.59. The van der Waals surface area contributed by atoms with Crippen molar-refractivity contribution < 1.29 is 9.69 Å². The molecule has 0 atom stereocenters. The first-order valence-corrected chi connectivity index (χ1v) is 11.0. The van der Waals surface area contributed by atoms with Crippen molar-refractivity contribution in [3.63, 3.8) is 0 Å². The maximum Gasteiger partial charge on any atom is 0.265 e. The van der Waals surface area contributed by atoms with Gasteiger partial charge in [-0.25, -0.2) is 4.98 Å². The number of hydrogen-bond acceptors (Lipinski definition) is 4. The van der Waals surface area contributed by atoms with Crippen molar-refractivity contribution in [3.8, 4) is 5.69 Å². The molecular weight excluding hydrogens is 390 g/mol. The lowest BCUT2D eigenvalue weighted by Gasteiger charge is -2.31. The molecule has 2 heterocycles. The highest BCUT2D eigenvalue weighted by atomic mass is 16.1. The highest BCUT2D eigenvalue weighted by Gasteiger charge is 2.24. The molecule has 1 saturated heterocycles. The molecule has 160 valence electrons. The van der Waals surface area contributed by atoms with E-state index in [0.29, 0.717) is 22.2 Å². The first-order valence-electron chi connectivity index (χ1n) is 11.0. The van der Waals surface area contributed by atoms with Crippen LogP contribution in [0.3, 0.4) is 0 Å². The Morgan fingerprint density at radius 3 is 2.65 bits per heavy atom. The van der Waals surface area contributed by atoms with Crippen molar-refractivity contribution in [2.45, 2.75) is 25.8 Å². The van der Waals surface area contributed by atoms with Crippen molar-refractivity contribution in [2.75, 3.05) is 38.1 Å². The smallest absolute Gasteiger partial charge is 0.265 e. The molecule has 1 amide bonds. The molecule has 7 heteroatoms. The minimum Gasteiger partial charge on any atom is -0.360 e. The van der Waals surface area contributed by atoms with Gasteiger partial charge >= 0.3 is 0 Å². The number of nitrogens with zero attached hydrogens (tertiary/aromatic N) is 3. The summed E-state index contributed by atoms with van der Waals surface area (Å²) >= 11 is 0. The standard InChI is InChI=1S/C24H27N5O2/c1-16-3-4-17(23(30)26-18-5-6-18)13-22(16)29-15-25-21-8-7-19(14-20(21)24(29)31)28-11-9-27(2)10-12-28/h3-4,7-8,13-15,18H,5-6,9-12H2,1-2H3,(H,26,30)/p+1. The zero-order valence-corrected chi connectivity index (χ0v) is 18.0. The quantitative estimate of drug-likeness (QED) is 0.661. The van der Waals surface area contributed by atoms with Gasteiger partial charge in [-0.2, -0.15) is 0 Å². The van der Waals surface area contributed by atoms with Crippen LogP contribution in [0, 0.1) is 6.92 Å². The first kappa shape index (κ1) is 19.8. The lowest BCUT2D eigenvalue weighted by molar-refractivity contribution is -0.880. The summed E-state index contributed by atoms with van der Waals surface area (Å²) in [5.74, 6) is -0.0926. The van der Waals surface area contributed by atoms with Crippen LogP contribution in [0.25, 0.3) is 16.6 Å². The van der Waals surface area contributed by atoms with Gasteiger partial charge < -0.3 is 15.1 Å². The third kappa shape index (κ3) is 3.93. The van der Waals surface area contributed by atoms with Crippen LogP contribution in [0.4, 0.5) is 5.69 Å². The molecule has 1 aliphatic heterocycles. The summed E-state index contributed by atoms with van der Waals surface area (Å²) in [6.07, 6.45) is 3.64. The summed E-state index contributed by atoms with van der Waals surface area (Å²) < 4.78 is 1.56. The van der Waals surface area contributed by atoms with Crippen molar-refractivity contribution in [1.82, 2.24) is 14.9 Å². The number of carbonyl (C=O) groups is 1. The molecule has 3 aromatic rings. The lowest BCUT2D eigenvalue weighted by Crippen LogP contribution is -3.12. The number of piperazine rings is 1. The van der Waals surface area contributed by atoms with Crippen LogP contribution >= 0.6 is 0 Å². The molecule has 0 spiro atoms. The van der Waals surface area contributed by atoms with E-state index in [4.69, 9.17) is 0 Å². The highest BCUT2D eigenvalue weighted by Crippen LogP contribution is 2.22. The van der Waals surface area contributed by atoms with Gasteiger partial charge in [-0.05, 0) is 55.7 Å². The monoisotopic (exact) mass is 418 g/mol. The van der Waals surface area contributed by atoms with Gasteiger partial charge in [-0.15, -0.1) is 0 Å². The van der Waals surface area contributed by atoms with Gasteiger partial charge in [0.2, 0.25) is 0 Å². The molecule has 31 heavy (non-hydrogen) atoms. The predicted octanol–water partition coefficient (Wildman–Crippen LogP) is 0.921. The topological polar surface area (TPSA) is 71.7 Å². The number of anilines is 1. The number of quaternary nitrogens is 1. The summed E-state index contributed by atoms with van der Waals surface area (Å²) in [5.41, 5.74) is 3.81. The van der Waals surface area contributed by atoms with E-state index in [1.807, 2.05) is 37.3 Å². The van der Waals surface area contributed by atoms with Crippen molar-refractivity contribution in [2.24, 2.45) is 0 Å². The van der Waals surface area contributed by atoms with E-state index in [0.717, 1.165) is 50.3 Å². The Kier molecular flexibility index (Phi) is 4.98. The molecule has 1 aliphatic carbocycles. The fraction of sp³-hybridized carbons (Fsp3) is 0.375. The molecule has 1 saturated carbocycles. The molecule has 2 fully saturated rings. The summed E-state index contributed by atoms with van der Waals surface area (Å²) in [6, 6.07) is 11.7. The second-order valence-electron chi connectivity index (χ2n) is 8.81. The molecule has 2 aromatic carbocycles. The predicted molar refractivity (Wildman–Crippen MR) is 121 cm³/mol. The summed E-state index contributed by atoms with van der Waals surface area (Å²) in [5, 5.41) is 3.61.